The number of anilines is 2. The van der Waals surface area contributed by atoms with E-state index in [0.29, 0.717) is 50.6 Å². The second kappa shape index (κ2) is 10.7. The number of carbonyl (C=O) groups is 2. The number of rotatable bonds is 6. The van der Waals surface area contributed by atoms with Crippen molar-refractivity contribution in [3.8, 4) is 6.07 Å². The average Bonchev–Trinajstić information content (AvgIpc) is 3.51. The number of nitriles is 1. The van der Waals surface area contributed by atoms with E-state index in [-0.39, 0.29) is 23.3 Å². The molecular weight excluding hydrogens is 548 g/mol. The van der Waals surface area contributed by atoms with E-state index in [0.717, 1.165) is 16.1 Å². The van der Waals surface area contributed by atoms with Crippen LogP contribution >= 0.6 is 46.0 Å². The molecule has 3 heterocycles. The van der Waals surface area contributed by atoms with Crippen molar-refractivity contribution in [2.75, 3.05) is 16.0 Å². The summed E-state index contributed by atoms with van der Waals surface area (Å²) in [6.07, 6.45) is 1.78. The van der Waals surface area contributed by atoms with E-state index in [9.17, 15) is 14.9 Å². The lowest BCUT2D eigenvalue weighted by Gasteiger charge is -2.37. The summed E-state index contributed by atoms with van der Waals surface area (Å²) in [7, 11) is 0. The van der Waals surface area contributed by atoms with E-state index in [1.165, 1.54) is 34.4 Å². The molecule has 3 N–H and O–H groups in total. The van der Waals surface area contributed by atoms with Crippen LogP contribution in [0.15, 0.2) is 62.7 Å². The molecule has 0 fully saturated rings. The summed E-state index contributed by atoms with van der Waals surface area (Å²) < 4.78 is 0.572. The van der Waals surface area contributed by atoms with Gasteiger partial charge < -0.3 is 11.1 Å². The quantitative estimate of drug-likeness (QED) is 0.368. The largest absolute Gasteiger partial charge is 0.384 e. The summed E-state index contributed by atoms with van der Waals surface area (Å²) in [6.45, 7) is 1.98. The minimum atomic E-state index is -0.471. The van der Waals surface area contributed by atoms with Gasteiger partial charge in [-0.15, -0.1) is 21.5 Å². The Kier molecular flexibility index (Phi) is 7.35. The molecule has 1 aliphatic carbocycles. The number of aromatic nitrogens is 2. The van der Waals surface area contributed by atoms with Crippen molar-refractivity contribution in [3.05, 3.63) is 73.8 Å². The third-order valence-electron chi connectivity index (χ3n) is 6.10. The highest BCUT2D eigenvalue weighted by Crippen LogP contribution is 2.48. The van der Waals surface area contributed by atoms with Crippen LogP contribution in [-0.4, -0.2) is 27.6 Å². The van der Waals surface area contributed by atoms with Gasteiger partial charge in [0.05, 0.1) is 23.3 Å². The number of nitrogens with one attached hydrogen (secondary N) is 1. The Hall–Kier alpha value is -3.17. The summed E-state index contributed by atoms with van der Waals surface area (Å²) in [5, 5.41) is 24.4. The van der Waals surface area contributed by atoms with E-state index in [4.69, 9.17) is 17.3 Å². The lowest BCUT2D eigenvalue weighted by atomic mass is 9.78. The van der Waals surface area contributed by atoms with Gasteiger partial charge in [-0.25, -0.2) is 0 Å². The maximum Gasteiger partial charge on any atom is 0.234 e. The van der Waals surface area contributed by atoms with E-state index in [1.807, 2.05) is 18.4 Å². The van der Waals surface area contributed by atoms with E-state index in [2.05, 4.69) is 21.6 Å². The molecule has 0 radical (unpaired) electrons. The Balaban J connectivity index is 1.42. The number of hydrogen-bond donors (Lipinski definition) is 2. The van der Waals surface area contributed by atoms with E-state index in [1.54, 1.807) is 29.2 Å². The number of amides is 1. The molecule has 2 aromatic heterocycles. The Morgan fingerprint density at radius 3 is 2.92 bits per heavy atom. The molecule has 188 valence electrons. The van der Waals surface area contributed by atoms with Crippen LogP contribution < -0.4 is 16.0 Å². The third kappa shape index (κ3) is 5.02. The minimum absolute atomic E-state index is 0.0288. The second-order valence-electron chi connectivity index (χ2n) is 8.48. The van der Waals surface area contributed by atoms with Gasteiger partial charge in [0.1, 0.15) is 5.82 Å². The van der Waals surface area contributed by atoms with Gasteiger partial charge >= 0.3 is 0 Å². The van der Waals surface area contributed by atoms with Crippen LogP contribution in [-0.2, 0) is 9.59 Å². The maximum atomic E-state index is 13.2. The number of thiophene rings is 1. The molecule has 8 nitrogen and oxygen atoms in total. The molecule has 0 saturated heterocycles. The molecule has 1 aromatic carbocycles. The van der Waals surface area contributed by atoms with Gasteiger partial charge in [-0.05, 0) is 55.0 Å². The van der Waals surface area contributed by atoms with Gasteiger partial charge in [0.25, 0.3) is 0 Å². The van der Waals surface area contributed by atoms with Crippen LogP contribution in [0.2, 0.25) is 5.02 Å². The van der Waals surface area contributed by atoms with Crippen LogP contribution in [0, 0.1) is 18.3 Å². The molecule has 0 bridgehead atoms. The normalized spacial score (nSPS) is 17.6. The first-order valence-electron chi connectivity index (χ1n) is 11.4. The van der Waals surface area contributed by atoms with Gasteiger partial charge in [-0.3, -0.25) is 14.5 Å². The molecule has 3 aromatic rings. The predicted molar refractivity (Wildman–Crippen MR) is 148 cm³/mol. The first kappa shape index (κ1) is 25.5. The number of halogens is 1. The lowest BCUT2D eigenvalue weighted by molar-refractivity contribution is -0.116. The highest BCUT2D eigenvalue weighted by molar-refractivity contribution is 8.01. The summed E-state index contributed by atoms with van der Waals surface area (Å²) in [4.78, 5) is 28.3. The molecule has 37 heavy (non-hydrogen) atoms. The highest BCUT2D eigenvalue weighted by atomic mass is 35.5. The zero-order chi connectivity index (χ0) is 26.1. The molecule has 1 amide bonds. The maximum absolute atomic E-state index is 13.2. The van der Waals surface area contributed by atoms with Crippen LogP contribution in [0.4, 0.5) is 10.8 Å². The van der Waals surface area contributed by atoms with Crippen molar-refractivity contribution in [1.82, 2.24) is 10.2 Å². The number of benzene rings is 1. The first-order chi connectivity index (χ1) is 17.9. The molecular formula is C25H21ClN6O2S3. The fourth-order valence-electron chi connectivity index (χ4n) is 4.49. The topological polar surface area (TPSA) is 125 Å². The SMILES string of the molecule is Cc1ccsc1C1C(C#N)=C(N)N(c2nnc(SCC(=O)Nc3cccc(Cl)c3)s2)C2=C1C(=O)CCC2. The number of hydrogen-bond acceptors (Lipinski definition) is 10. The second-order valence-corrected chi connectivity index (χ2v) is 12.0. The molecule has 0 spiro atoms. The molecule has 5 rings (SSSR count). The fraction of sp³-hybridized carbons (Fsp3) is 0.240. The minimum Gasteiger partial charge on any atom is -0.384 e. The van der Waals surface area contributed by atoms with Gasteiger partial charge in [-0.1, -0.05) is 40.8 Å². The van der Waals surface area contributed by atoms with Crippen molar-refractivity contribution in [1.29, 1.82) is 5.26 Å². The van der Waals surface area contributed by atoms with Crippen molar-refractivity contribution >= 4 is 68.5 Å². The van der Waals surface area contributed by atoms with Crippen LogP contribution in [0.1, 0.15) is 35.6 Å². The van der Waals surface area contributed by atoms with Crippen molar-refractivity contribution in [2.45, 2.75) is 36.4 Å². The Labute approximate surface area is 230 Å². The smallest absolute Gasteiger partial charge is 0.234 e. The van der Waals surface area contributed by atoms with Crippen LogP contribution in [0.3, 0.4) is 0 Å². The zero-order valence-electron chi connectivity index (χ0n) is 19.7. The molecule has 1 atom stereocenters. The number of thioether (sulfide) groups is 1. The molecule has 2 aliphatic rings. The van der Waals surface area contributed by atoms with E-state index >= 15 is 0 Å². The number of ketones is 1. The number of Topliss-reactive ketones (excluding diaryl/α,β-unsaturated/α-hetero) is 1. The number of carbonyl (C=O) groups excluding carboxylic acids is 2. The van der Waals surface area contributed by atoms with Gasteiger partial charge in [-0.2, -0.15) is 5.26 Å². The summed E-state index contributed by atoms with van der Waals surface area (Å²) in [6, 6.07) is 11.2. The Bertz CT molecular complexity index is 1500. The standard InChI is InChI=1S/C25H21ClN6O2S3/c1-13-8-9-35-22(13)20-16(11-27)23(28)32(17-6-3-7-18(33)21(17)20)24-30-31-25(37-24)36-12-19(34)29-15-5-2-4-14(26)10-15/h2,4-5,8-10,20H,3,6-7,12,28H2,1H3,(H,29,34). The Morgan fingerprint density at radius 1 is 1.35 bits per heavy atom. The number of nitrogens with two attached hydrogens (primary N) is 1. The van der Waals surface area contributed by atoms with Crippen LogP contribution in [0.5, 0.6) is 0 Å². The first-order valence-corrected chi connectivity index (χ1v) is 14.4. The van der Waals surface area contributed by atoms with Crippen molar-refractivity contribution in [2.24, 2.45) is 5.73 Å². The molecule has 1 aliphatic heterocycles. The summed E-state index contributed by atoms with van der Waals surface area (Å²) in [5.74, 6) is -0.255. The number of aryl methyl sites for hydroxylation is 1. The van der Waals surface area contributed by atoms with Crippen molar-refractivity contribution < 1.29 is 9.59 Å². The number of nitrogens with zero attached hydrogens (tertiary/aromatic N) is 4. The van der Waals surface area contributed by atoms with E-state index < -0.39 is 5.92 Å². The van der Waals surface area contributed by atoms with Gasteiger partial charge in [0.15, 0.2) is 10.1 Å². The molecule has 1 unspecified atom stereocenters. The highest BCUT2D eigenvalue weighted by Gasteiger charge is 2.42. The molecule has 0 saturated carbocycles. The van der Waals surface area contributed by atoms with Gasteiger partial charge in [0.2, 0.25) is 11.0 Å². The third-order valence-corrected chi connectivity index (χ3v) is 9.46. The molecule has 12 heteroatoms. The zero-order valence-corrected chi connectivity index (χ0v) is 22.9. The predicted octanol–water partition coefficient (Wildman–Crippen LogP) is 5.60. The summed E-state index contributed by atoms with van der Waals surface area (Å²) >= 11 is 10.0. The monoisotopic (exact) mass is 568 g/mol. The van der Waals surface area contributed by atoms with Crippen molar-refractivity contribution in [3.63, 3.8) is 0 Å². The average molecular weight is 569 g/mol. The Morgan fingerprint density at radius 2 is 2.19 bits per heavy atom. The van der Waals surface area contributed by atoms with Gasteiger partial charge in [0, 0.05) is 33.3 Å². The lowest BCUT2D eigenvalue weighted by Crippen LogP contribution is -2.38. The van der Waals surface area contributed by atoms with Crippen LogP contribution in [0.25, 0.3) is 0 Å². The summed E-state index contributed by atoms with van der Waals surface area (Å²) in [5.41, 5.74) is 9.97. The fourth-order valence-corrected chi connectivity index (χ4v) is 7.40. The number of allylic oxidation sites excluding steroid dienone is 3.